The molecule has 1 rings (SSSR count). The molecule has 6 heteroatoms. The van der Waals surface area contributed by atoms with Crippen LogP contribution in [-0.2, 0) is 9.53 Å². The van der Waals surface area contributed by atoms with E-state index in [1.54, 1.807) is 27.7 Å². The molecule has 0 aromatic carbocycles. The van der Waals surface area contributed by atoms with Gasteiger partial charge < -0.3 is 20.5 Å². The predicted molar refractivity (Wildman–Crippen MR) is 61.8 cm³/mol. The number of nitrogens with one attached hydrogen (secondary N) is 2. The second-order valence-corrected chi connectivity index (χ2v) is 5.55. The third-order valence-corrected chi connectivity index (χ3v) is 2.79. The zero-order valence-corrected chi connectivity index (χ0v) is 10.7. The van der Waals surface area contributed by atoms with Gasteiger partial charge in [-0.3, -0.25) is 4.79 Å². The molecule has 0 saturated carbocycles. The zero-order valence-electron chi connectivity index (χ0n) is 10.7. The maximum Gasteiger partial charge on any atom is 0.407 e. The van der Waals surface area contributed by atoms with Gasteiger partial charge in [-0.1, -0.05) is 0 Å². The van der Waals surface area contributed by atoms with E-state index in [-0.39, 0.29) is 0 Å². The molecular weight excluding hydrogens is 224 g/mol. The fourth-order valence-electron chi connectivity index (χ4n) is 1.71. The summed E-state index contributed by atoms with van der Waals surface area (Å²) in [5.74, 6) is -0.927. The molecule has 1 aliphatic heterocycles. The van der Waals surface area contributed by atoms with Crippen molar-refractivity contribution in [2.75, 3.05) is 13.1 Å². The first kappa shape index (κ1) is 13.8. The van der Waals surface area contributed by atoms with Gasteiger partial charge in [0.2, 0.25) is 0 Å². The average Bonchev–Trinajstić information content (AvgIpc) is 2.45. The van der Waals surface area contributed by atoms with Gasteiger partial charge in [0.05, 0.1) is 11.5 Å². The van der Waals surface area contributed by atoms with E-state index < -0.39 is 29.1 Å². The van der Waals surface area contributed by atoms with Crippen molar-refractivity contribution in [3.63, 3.8) is 0 Å². The first-order valence-corrected chi connectivity index (χ1v) is 5.59. The minimum Gasteiger partial charge on any atom is -0.481 e. The van der Waals surface area contributed by atoms with Crippen LogP contribution in [0, 0.1) is 5.41 Å². The lowest BCUT2D eigenvalue weighted by Crippen LogP contribution is -2.50. The van der Waals surface area contributed by atoms with E-state index in [1.165, 1.54) is 0 Å². The van der Waals surface area contributed by atoms with Crippen molar-refractivity contribution < 1.29 is 19.4 Å². The number of hydrogen-bond acceptors (Lipinski definition) is 4. The van der Waals surface area contributed by atoms with Crippen LogP contribution in [0.3, 0.4) is 0 Å². The Balaban J connectivity index is 2.63. The Morgan fingerprint density at radius 3 is 2.53 bits per heavy atom. The summed E-state index contributed by atoms with van der Waals surface area (Å²) in [6, 6.07) is -0.463. The maximum atomic E-state index is 11.6. The molecule has 6 nitrogen and oxygen atoms in total. The highest BCUT2D eigenvalue weighted by Gasteiger charge is 2.46. The van der Waals surface area contributed by atoms with E-state index >= 15 is 0 Å². The summed E-state index contributed by atoms with van der Waals surface area (Å²) in [7, 11) is 0. The van der Waals surface area contributed by atoms with E-state index in [0.717, 1.165) is 0 Å². The molecule has 17 heavy (non-hydrogen) atoms. The summed E-state index contributed by atoms with van der Waals surface area (Å²) in [6.45, 7) is 7.66. The summed E-state index contributed by atoms with van der Waals surface area (Å²) in [5.41, 5.74) is -1.58. The van der Waals surface area contributed by atoms with Crippen LogP contribution in [0.25, 0.3) is 0 Å². The van der Waals surface area contributed by atoms with Gasteiger partial charge in [-0.2, -0.15) is 0 Å². The van der Waals surface area contributed by atoms with Crippen LogP contribution in [0.5, 0.6) is 0 Å². The Bertz CT molecular complexity index is 324. The van der Waals surface area contributed by atoms with Gasteiger partial charge >= 0.3 is 12.1 Å². The molecule has 1 heterocycles. The Morgan fingerprint density at radius 1 is 1.47 bits per heavy atom. The molecule has 1 saturated heterocycles. The molecule has 1 amide bonds. The van der Waals surface area contributed by atoms with E-state index in [2.05, 4.69) is 10.6 Å². The lowest BCUT2D eigenvalue weighted by molar-refractivity contribution is -0.147. The number of rotatable bonds is 2. The largest absolute Gasteiger partial charge is 0.481 e. The number of hydrogen-bond donors (Lipinski definition) is 3. The van der Waals surface area contributed by atoms with Gasteiger partial charge in [-0.15, -0.1) is 0 Å². The van der Waals surface area contributed by atoms with Crippen LogP contribution in [-0.4, -0.2) is 41.9 Å². The van der Waals surface area contributed by atoms with E-state index in [4.69, 9.17) is 9.84 Å². The highest BCUT2D eigenvalue weighted by atomic mass is 16.6. The molecule has 1 fully saturated rings. The van der Waals surface area contributed by atoms with Gasteiger partial charge in [-0.05, 0) is 27.7 Å². The quantitative estimate of drug-likeness (QED) is 0.661. The number of carbonyl (C=O) groups excluding carboxylic acids is 1. The molecule has 0 aromatic rings. The predicted octanol–water partition coefficient (Wildman–Crippen LogP) is 0.574. The average molecular weight is 244 g/mol. The van der Waals surface area contributed by atoms with Crippen molar-refractivity contribution in [2.45, 2.75) is 39.3 Å². The number of carboxylic acids is 1. The smallest absolute Gasteiger partial charge is 0.407 e. The van der Waals surface area contributed by atoms with Crippen molar-refractivity contribution in [3.8, 4) is 0 Å². The van der Waals surface area contributed by atoms with E-state index in [1.807, 2.05) is 0 Å². The Kier molecular flexibility index (Phi) is 3.66. The van der Waals surface area contributed by atoms with Crippen LogP contribution in [0.1, 0.15) is 27.7 Å². The topological polar surface area (TPSA) is 87.7 Å². The fraction of sp³-hybridized carbons (Fsp3) is 0.818. The first-order chi connectivity index (χ1) is 7.65. The number of aliphatic carboxylic acids is 1. The molecule has 0 spiro atoms. The van der Waals surface area contributed by atoms with Crippen molar-refractivity contribution in [1.82, 2.24) is 10.6 Å². The molecule has 3 N–H and O–H groups in total. The van der Waals surface area contributed by atoms with Crippen LogP contribution in [0.2, 0.25) is 0 Å². The van der Waals surface area contributed by atoms with Gasteiger partial charge in [0, 0.05) is 13.1 Å². The second-order valence-electron chi connectivity index (χ2n) is 5.55. The molecule has 98 valence electrons. The molecule has 2 unspecified atom stereocenters. The van der Waals surface area contributed by atoms with Gasteiger partial charge in [0.15, 0.2) is 0 Å². The normalized spacial score (nSPS) is 28.8. The molecule has 0 bridgehead atoms. The van der Waals surface area contributed by atoms with E-state index in [9.17, 15) is 9.59 Å². The lowest BCUT2D eigenvalue weighted by atomic mass is 9.85. The summed E-state index contributed by atoms with van der Waals surface area (Å²) in [6.07, 6.45) is -0.585. The van der Waals surface area contributed by atoms with Crippen LogP contribution in [0.15, 0.2) is 0 Å². The molecule has 0 aromatic heterocycles. The minimum absolute atomic E-state index is 0.336. The Labute approximate surface area is 101 Å². The molecule has 0 radical (unpaired) electrons. The maximum absolute atomic E-state index is 11.6. The molecule has 0 aliphatic carbocycles. The van der Waals surface area contributed by atoms with Crippen molar-refractivity contribution in [1.29, 1.82) is 0 Å². The van der Waals surface area contributed by atoms with Gasteiger partial charge in [-0.25, -0.2) is 4.79 Å². The summed E-state index contributed by atoms with van der Waals surface area (Å²) in [4.78, 5) is 22.7. The molecule has 1 aliphatic rings. The van der Waals surface area contributed by atoms with Crippen molar-refractivity contribution >= 4 is 12.1 Å². The van der Waals surface area contributed by atoms with Crippen molar-refractivity contribution in [3.05, 3.63) is 0 Å². The molecule has 2 atom stereocenters. The number of alkyl carbamates (subject to hydrolysis) is 1. The Morgan fingerprint density at radius 2 is 2.06 bits per heavy atom. The minimum atomic E-state index is -0.989. The highest BCUT2D eigenvalue weighted by Crippen LogP contribution is 2.25. The zero-order chi connectivity index (χ0) is 13.3. The molecular formula is C11H20N2O4. The van der Waals surface area contributed by atoms with Crippen LogP contribution < -0.4 is 10.6 Å². The number of ether oxygens (including phenoxy) is 1. The highest BCUT2D eigenvalue weighted by molar-refractivity contribution is 5.78. The number of amides is 1. The van der Waals surface area contributed by atoms with Gasteiger partial charge in [0.1, 0.15) is 5.60 Å². The monoisotopic (exact) mass is 244 g/mol. The summed E-state index contributed by atoms with van der Waals surface area (Å²) >= 11 is 0. The van der Waals surface area contributed by atoms with Crippen LogP contribution >= 0.6 is 0 Å². The third-order valence-electron chi connectivity index (χ3n) is 2.79. The van der Waals surface area contributed by atoms with Crippen LogP contribution in [0.4, 0.5) is 4.79 Å². The standard InChI is InChI=1S/C11H20N2O4/c1-10(2,3)17-9(16)13-7-5-12-6-11(7,4)8(14)15/h7,12H,5-6H2,1-4H3,(H,13,16)(H,14,15). The third kappa shape index (κ3) is 3.33. The summed E-state index contributed by atoms with van der Waals surface area (Å²) in [5, 5.41) is 14.7. The van der Waals surface area contributed by atoms with Gasteiger partial charge in [0.25, 0.3) is 0 Å². The fourth-order valence-corrected chi connectivity index (χ4v) is 1.71. The Hall–Kier alpha value is -1.30. The SMILES string of the molecule is CC(C)(C)OC(=O)NC1CNCC1(C)C(=O)O. The first-order valence-electron chi connectivity index (χ1n) is 5.59. The lowest BCUT2D eigenvalue weighted by Gasteiger charge is -2.28. The summed E-state index contributed by atoms with van der Waals surface area (Å²) < 4.78 is 5.10. The second kappa shape index (κ2) is 4.52. The number of carbonyl (C=O) groups is 2. The van der Waals surface area contributed by atoms with Crippen molar-refractivity contribution in [2.24, 2.45) is 5.41 Å². The number of carboxylic acid groups (broad SMARTS) is 1. The van der Waals surface area contributed by atoms with E-state index in [0.29, 0.717) is 13.1 Å².